The van der Waals surface area contributed by atoms with E-state index in [0.29, 0.717) is 5.89 Å². The fraction of sp³-hybridized carbons (Fsp3) is 0.733. The van der Waals surface area contributed by atoms with Crippen LogP contribution < -0.4 is 0 Å². The predicted octanol–water partition coefficient (Wildman–Crippen LogP) is 3.73. The van der Waals surface area contributed by atoms with Crippen LogP contribution in [0.1, 0.15) is 68.7 Å². The van der Waals surface area contributed by atoms with Crippen molar-refractivity contribution in [2.75, 3.05) is 0 Å². The maximum absolute atomic E-state index is 5.26. The third kappa shape index (κ3) is 3.88. The molecule has 3 rings (SSSR count). The number of aryl methyl sites for hydroxylation is 2. The van der Waals surface area contributed by atoms with Crippen molar-refractivity contribution in [3.05, 3.63) is 17.5 Å². The fourth-order valence-corrected chi connectivity index (χ4v) is 3.64. The Balaban J connectivity index is 1.52. The molecule has 2 aromatic rings. The van der Waals surface area contributed by atoms with Crippen molar-refractivity contribution in [3.8, 4) is 0 Å². The predicted molar refractivity (Wildman–Crippen MR) is 84.6 cm³/mol. The highest BCUT2D eigenvalue weighted by molar-refractivity contribution is 7.99. The summed E-state index contributed by atoms with van der Waals surface area (Å²) in [5, 5.41) is 12.1. The summed E-state index contributed by atoms with van der Waals surface area (Å²) >= 11 is 1.55. The van der Waals surface area contributed by atoms with Crippen LogP contribution >= 0.6 is 11.8 Å². The van der Waals surface area contributed by atoms with Gasteiger partial charge >= 0.3 is 0 Å². The zero-order valence-electron chi connectivity index (χ0n) is 13.2. The number of nitrogens with one attached hydrogen (secondary N) is 1. The quantitative estimate of drug-likeness (QED) is 0.783. The van der Waals surface area contributed by atoms with Crippen LogP contribution in [-0.2, 0) is 12.8 Å². The largest absolute Gasteiger partial charge is 0.338 e. The maximum atomic E-state index is 5.26. The molecule has 1 aliphatic rings. The Labute approximate surface area is 134 Å². The topological polar surface area (TPSA) is 80.5 Å². The first kappa shape index (κ1) is 15.5. The minimum Gasteiger partial charge on any atom is -0.338 e. The average Bonchev–Trinajstić information content (AvgIpc) is 3.26. The first-order valence-corrected chi connectivity index (χ1v) is 9.03. The Morgan fingerprint density at radius 1 is 1.32 bits per heavy atom. The van der Waals surface area contributed by atoms with Gasteiger partial charge in [-0.3, -0.25) is 5.10 Å². The second kappa shape index (κ2) is 7.26. The molecule has 0 aliphatic heterocycles. The first-order valence-electron chi connectivity index (χ1n) is 8.15. The van der Waals surface area contributed by atoms with E-state index in [2.05, 4.69) is 25.3 Å². The molecule has 1 atom stereocenters. The smallest absolute Gasteiger partial charge is 0.239 e. The van der Waals surface area contributed by atoms with Gasteiger partial charge in [-0.25, -0.2) is 4.98 Å². The number of rotatable bonds is 7. The molecule has 6 nitrogen and oxygen atoms in total. The molecule has 0 aromatic carbocycles. The van der Waals surface area contributed by atoms with E-state index in [1.807, 2.05) is 13.8 Å². The van der Waals surface area contributed by atoms with Gasteiger partial charge in [0.15, 0.2) is 5.82 Å². The average molecular weight is 321 g/mol. The van der Waals surface area contributed by atoms with E-state index < -0.39 is 0 Å². The standard InChI is InChI=1S/C15H23N5OS/c1-3-12-16-14(21-20-12)10(2)22-15-17-13(18-19-15)9-8-11-6-4-5-7-11/h10-11H,3-9H2,1-2H3,(H,17,18,19). The lowest BCUT2D eigenvalue weighted by Gasteiger charge is -2.05. The van der Waals surface area contributed by atoms with Gasteiger partial charge in [-0.2, -0.15) is 4.98 Å². The molecule has 2 aromatic heterocycles. The van der Waals surface area contributed by atoms with Gasteiger partial charge in [-0.1, -0.05) is 49.5 Å². The van der Waals surface area contributed by atoms with Crippen molar-refractivity contribution in [1.29, 1.82) is 0 Å². The number of hydrogen-bond donors (Lipinski definition) is 1. The molecule has 0 bridgehead atoms. The van der Waals surface area contributed by atoms with E-state index in [1.54, 1.807) is 11.8 Å². The summed E-state index contributed by atoms with van der Waals surface area (Å²) in [6.07, 6.45) is 8.54. The minimum atomic E-state index is 0.0614. The minimum absolute atomic E-state index is 0.0614. The number of hydrogen-bond acceptors (Lipinski definition) is 6. The molecule has 2 heterocycles. The Morgan fingerprint density at radius 2 is 2.14 bits per heavy atom. The second-order valence-corrected chi connectivity index (χ2v) is 7.22. The SMILES string of the molecule is CCc1noc(C(C)Sc2n[nH]c(CCC3CCCC3)n2)n1. The van der Waals surface area contributed by atoms with Crippen LogP contribution in [0.4, 0.5) is 0 Å². The van der Waals surface area contributed by atoms with Gasteiger partial charge in [-0.05, 0) is 19.3 Å². The first-order chi connectivity index (χ1) is 10.7. The molecular weight excluding hydrogens is 298 g/mol. The molecule has 120 valence electrons. The van der Waals surface area contributed by atoms with Gasteiger partial charge in [0.1, 0.15) is 5.82 Å². The highest BCUT2D eigenvalue weighted by atomic mass is 32.2. The molecule has 0 saturated heterocycles. The third-order valence-electron chi connectivity index (χ3n) is 4.21. The summed E-state index contributed by atoms with van der Waals surface area (Å²) in [5.74, 6) is 3.25. The molecule has 1 unspecified atom stereocenters. The van der Waals surface area contributed by atoms with E-state index in [4.69, 9.17) is 4.52 Å². The van der Waals surface area contributed by atoms with Crippen LogP contribution in [0.15, 0.2) is 9.68 Å². The summed E-state index contributed by atoms with van der Waals surface area (Å²) < 4.78 is 5.26. The van der Waals surface area contributed by atoms with E-state index >= 15 is 0 Å². The zero-order chi connectivity index (χ0) is 15.4. The lowest BCUT2D eigenvalue weighted by molar-refractivity contribution is 0.375. The molecule has 0 spiro atoms. The number of thioether (sulfide) groups is 1. The normalized spacial score (nSPS) is 17.2. The van der Waals surface area contributed by atoms with Crippen LogP contribution in [0.3, 0.4) is 0 Å². The van der Waals surface area contributed by atoms with E-state index in [1.165, 1.54) is 32.1 Å². The molecule has 1 fully saturated rings. The molecule has 0 amide bonds. The highest BCUT2D eigenvalue weighted by Gasteiger charge is 2.19. The van der Waals surface area contributed by atoms with Gasteiger partial charge in [0.05, 0.1) is 5.25 Å². The second-order valence-electron chi connectivity index (χ2n) is 5.92. The molecule has 1 aliphatic carbocycles. The number of nitrogens with zero attached hydrogens (tertiary/aromatic N) is 4. The van der Waals surface area contributed by atoms with Gasteiger partial charge in [0.2, 0.25) is 11.0 Å². The van der Waals surface area contributed by atoms with E-state index in [9.17, 15) is 0 Å². The molecule has 1 saturated carbocycles. The van der Waals surface area contributed by atoms with E-state index in [-0.39, 0.29) is 5.25 Å². The fourth-order valence-electron chi connectivity index (χ4n) is 2.87. The Morgan fingerprint density at radius 3 is 2.86 bits per heavy atom. The summed E-state index contributed by atoms with van der Waals surface area (Å²) in [7, 11) is 0. The number of aromatic nitrogens is 5. The van der Waals surface area contributed by atoms with Gasteiger partial charge in [-0.15, -0.1) is 5.10 Å². The van der Waals surface area contributed by atoms with Crippen LogP contribution in [0.5, 0.6) is 0 Å². The highest BCUT2D eigenvalue weighted by Crippen LogP contribution is 2.32. The summed E-state index contributed by atoms with van der Waals surface area (Å²) in [6.45, 7) is 4.05. The third-order valence-corrected chi connectivity index (χ3v) is 5.15. The number of H-pyrrole nitrogens is 1. The van der Waals surface area contributed by atoms with Crippen molar-refractivity contribution in [2.45, 2.75) is 69.2 Å². The lowest BCUT2D eigenvalue weighted by Crippen LogP contribution is -1.97. The molecule has 0 radical (unpaired) electrons. The Kier molecular flexibility index (Phi) is 5.12. The molecule has 22 heavy (non-hydrogen) atoms. The van der Waals surface area contributed by atoms with Crippen LogP contribution in [0.25, 0.3) is 0 Å². The van der Waals surface area contributed by atoms with Crippen molar-refractivity contribution >= 4 is 11.8 Å². The molecular formula is C15H23N5OS. The van der Waals surface area contributed by atoms with Crippen molar-refractivity contribution in [2.24, 2.45) is 5.92 Å². The van der Waals surface area contributed by atoms with Crippen LogP contribution in [0.2, 0.25) is 0 Å². The molecule has 1 N–H and O–H groups in total. The Hall–Kier alpha value is -1.37. The molecule has 7 heteroatoms. The summed E-state index contributed by atoms with van der Waals surface area (Å²) in [6, 6.07) is 0. The van der Waals surface area contributed by atoms with Crippen molar-refractivity contribution in [1.82, 2.24) is 25.3 Å². The monoisotopic (exact) mass is 321 g/mol. The van der Waals surface area contributed by atoms with Crippen LogP contribution in [-0.4, -0.2) is 25.3 Å². The van der Waals surface area contributed by atoms with Gasteiger partial charge < -0.3 is 4.52 Å². The number of aromatic amines is 1. The maximum Gasteiger partial charge on any atom is 0.239 e. The van der Waals surface area contributed by atoms with Crippen molar-refractivity contribution in [3.63, 3.8) is 0 Å². The van der Waals surface area contributed by atoms with Gasteiger partial charge in [0, 0.05) is 12.8 Å². The summed E-state index contributed by atoms with van der Waals surface area (Å²) in [5.41, 5.74) is 0. The lowest BCUT2D eigenvalue weighted by atomic mass is 10.0. The van der Waals surface area contributed by atoms with E-state index in [0.717, 1.165) is 35.6 Å². The summed E-state index contributed by atoms with van der Waals surface area (Å²) in [4.78, 5) is 8.93. The van der Waals surface area contributed by atoms with Gasteiger partial charge in [0.25, 0.3) is 0 Å². The van der Waals surface area contributed by atoms with Crippen molar-refractivity contribution < 1.29 is 4.52 Å². The zero-order valence-corrected chi connectivity index (χ0v) is 14.0. The van der Waals surface area contributed by atoms with Crippen LogP contribution in [0, 0.1) is 5.92 Å². The Bertz CT molecular complexity index is 590.